The molecule has 0 spiro atoms. The van der Waals surface area contributed by atoms with Gasteiger partial charge in [-0.3, -0.25) is 5.10 Å². The number of urea groups is 1. The molecule has 94 valence electrons. The number of nitrogens with zero attached hydrogens (tertiary/aromatic N) is 1. The molecule has 0 fully saturated rings. The molecule has 17 heavy (non-hydrogen) atoms. The maximum absolute atomic E-state index is 11.4. The topological polar surface area (TPSA) is 116 Å². The van der Waals surface area contributed by atoms with Crippen molar-refractivity contribution in [3.63, 3.8) is 0 Å². The van der Waals surface area contributed by atoms with Crippen LogP contribution in [0.1, 0.15) is 5.56 Å². The molecule has 2 amide bonds. The van der Waals surface area contributed by atoms with Crippen molar-refractivity contribution in [2.75, 3.05) is 13.7 Å². The largest absolute Gasteiger partial charge is 0.480 e. The molecule has 0 aromatic carbocycles. The molecule has 4 N–H and O–H groups in total. The van der Waals surface area contributed by atoms with E-state index in [1.165, 1.54) is 7.11 Å². The van der Waals surface area contributed by atoms with Gasteiger partial charge in [-0.25, -0.2) is 9.59 Å². The first-order valence-corrected chi connectivity index (χ1v) is 4.87. The van der Waals surface area contributed by atoms with Crippen molar-refractivity contribution in [1.82, 2.24) is 20.8 Å². The summed E-state index contributed by atoms with van der Waals surface area (Å²) in [4.78, 5) is 22.1. The molecule has 1 unspecified atom stereocenters. The Hall–Kier alpha value is -2.09. The Labute approximate surface area is 97.3 Å². The van der Waals surface area contributed by atoms with Crippen LogP contribution in [0.4, 0.5) is 4.79 Å². The second kappa shape index (κ2) is 6.48. The van der Waals surface area contributed by atoms with Crippen molar-refractivity contribution in [1.29, 1.82) is 0 Å². The van der Waals surface area contributed by atoms with Crippen molar-refractivity contribution >= 4 is 12.0 Å². The number of hydrogen-bond acceptors (Lipinski definition) is 4. The Bertz CT molecular complexity index is 365. The molecule has 1 heterocycles. The number of carbonyl (C=O) groups excluding carboxylic acids is 1. The Kier molecular flexibility index (Phi) is 4.95. The van der Waals surface area contributed by atoms with E-state index in [9.17, 15) is 9.59 Å². The number of H-pyrrole nitrogens is 1. The number of amides is 2. The van der Waals surface area contributed by atoms with E-state index in [0.29, 0.717) is 0 Å². The lowest BCUT2D eigenvalue weighted by molar-refractivity contribution is -0.140. The number of aromatic amines is 1. The lowest BCUT2D eigenvalue weighted by atomic mass is 10.3. The number of aromatic nitrogens is 2. The first-order valence-electron chi connectivity index (χ1n) is 4.87. The highest BCUT2D eigenvalue weighted by Crippen LogP contribution is 1.92. The minimum atomic E-state index is -1.15. The fraction of sp³-hybridized carbons (Fsp3) is 0.444. The van der Waals surface area contributed by atoms with Gasteiger partial charge in [0.15, 0.2) is 6.04 Å². The summed E-state index contributed by atoms with van der Waals surface area (Å²) in [5, 5.41) is 19.8. The van der Waals surface area contributed by atoms with Crippen molar-refractivity contribution in [3.8, 4) is 0 Å². The third-order valence-electron chi connectivity index (χ3n) is 1.94. The van der Waals surface area contributed by atoms with Crippen LogP contribution in [0.25, 0.3) is 0 Å². The van der Waals surface area contributed by atoms with Crippen molar-refractivity contribution < 1.29 is 19.4 Å². The lowest BCUT2D eigenvalue weighted by Crippen LogP contribution is -2.48. The monoisotopic (exact) mass is 242 g/mol. The summed E-state index contributed by atoms with van der Waals surface area (Å²) in [6.45, 7) is 0.177. The van der Waals surface area contributed by atoms with Crippen LogP contribution in [0.15, 0.2) is 12.4 Å². The number of rotatable bonds is 6. The summed E-state index contributed by atoms with van der Waals surface area (Å²) in [6, 6.07) is -1.64. The number of carbonyl (C=O) groups is 2. The second-order valence-electron chi connectivity index (χ2n) is 3.28. The Morgan fingerprint density at radius 3 is 2.94 bits per heavy atom. The number of methoxy groups -OCH3 is 1. The third kappa shape index (κ3) is 4.51. The summed E-state index contributed by atoms with van der Waals surface area (Å²) in [5.74, 6) is -1.15. The van der Waals surface area contributed by atoms with Crippen LogP contribution in [0.5, 0.6) is 0 Å². The van der Waals surface area contributed by atoms with Gasteiger partial charge in [-0.2, -0.15) is 5.10 Å². The van der Waals surface area contributed by atoms with Gasteiger partial charge in [0.05, 0.1) is 12.8 Å². The highest BCUT2D eigenvalue weighted by molar-refractivity contribution is 5.82. The van der Waals surface area contributed by atoms with Crippen molar-refractivity contribution in [2.24, 2.45) is 0 Å². The SMILES string of the molecule is COCC(NC(=O)NCc1cn[nH]c1)C(=O)O. The number of carboxylic acid groups (broad SMARTS) is 1. The van der Waals surface area contributed by atoms with Gasteiger partial charge in [-0.15, -0.1) is 0 Å². The average molecular weight is 242 g/mol. The smallest absolute Gasteiger partial charge is 0.328 e. The van der Waals surface area contributed by atoms with Crippen molar-refractivity contribution in [3.05, 3.63) is 18.0 Å². The normalized spacial score (nSPS) is 11.8. The predicted octanol–water partition coefficient (Wildman–Crippen LogP) is -0.691. The van der Waals surface area contributed by atoms with E-state index in [4.69, 9.17) is 5.11 Å². The summed E-state index contributed by atoms with van der Waals surface area (Å²) >= 11 is 0. The number of aliphatic carboxylic acids is 1. The van der Waals surface area contributed by atoms with Crippen molar-refractivity contribution in [2.45, 2.75) is 12.6 Å². The quantitative estimate of drug-likeness (QED) is 0.526. The minimum Gasteiger partial charge on any atom is -0.480 e. The molecule has 1 aromatic heterocycles. The van der Waals surface area contributed by atoms with Gasteiger partial charge in [-0.1, -0.05) is 0 Å². The molecule has 0 aliphatic rings. The lowest BCUT2D eigenvalue weighted by Gasteiger charge is -2.13. The predicted molar refractivity (Wildman–Crippen MR) is 57.3 cm³/mol. The van der Waals surface area contributed by atoms with Crippen LogP contribution >= 0.6 is 0 Å². The summed E-state index contributed by atoms with van der Waals surface area (Å²) in [5.41, 5.74) is 0.791. The fourth-order valence-corrected chi connectivity index (χ4v) is 1.11. The summed E-state index contributed by atoms with van der Waals surface area (Å²) in [7, 11) is 1.36. The first-order chi connectivity index (χ1) is 8.13. The first kappa shape index (κ1) is 13.0. The highest BCUT2D eigenvalue weighted by atomic mass is 16.5. The molecular formula is C9H14N4O4. The molecule has 0 aliphatic carbocycles. The van der Waals surface area contributed by atoms with E-state index in [-0.39, 0.29) is 13.2 Å². The van der Waals surface area contributed by atoms with Crippen LogP contribution in [-0.4, -0.2) is 47.1 Å². The van der Waals surface area contributed by atoms with E-state index < -0.39 is 18.0 Å². The molecule has 1 rings (SSSR count). The van der Waals surface area contributed by atoms with Crippen LogP contribution in [0.3, 0.4) is 0 Å². The highest BCUT2D eigenvalue weighted by Gasteiger charge is 2.19. The molecule has 8 nitrogen and oxygen atoms in total. The fourth-order valence-electron chi connectivity index (χ4n) is 1.11. The van der Waals surface area contributed by atoms with Crippen LogP contribution in [0.2, 0.25) is 0 Å². The molecule has 0 saturated carbocycles. The standard InChI is InChI=1S/C9H14N4O4/c1-17-5-7(8(14)15)13-9(16)10-2-6-3-11-12-4-6/h3-4,7H,2,5H2,1H3,(H,11,12)(H,14,15)(H2,10,13,16). The molecule has 0 aliphatic heterocycles. The third-order valence-corrected chi connectivity index (χ3v) is 1.94. The molecule has 8 heteroatoms. The summed E-state index contributed by atoms with van der Waals surface area (Å²) < 4.78 is 4.68. The number of nitrogens with one attached hydrogen (secondary N) is 3. The maximum Gasteiger partial charge on any atom is 0.328 e. The van der Waals surface area contributed by atoms with E-state index in [1.54, 1.807) is 12.4 Å². The minimum absolute atomic E-state index is 0.0888. The molecule has 0 saturated heterocycles. The average Bonchev–Trinajstić information content (AvgIpc) is 2.78. The van der Waals surface area contributed by atoms with Gasteiger partial charge in [0, 0.05) is 25.4 Å². The number of ether oxygens (including phenoxy) is 1. The zero-order valence-electron chi connectivity index (χ0n) is 9.27. The van der Waals surface area contributed by atoms with E-state index in [0.717, 1.165) is 5.56 Å². The van der Waals surface area contributed by atoms with Crippen LogP contribution in [0, 0.1) is 0 Å². The molecule has 1 atom stereocenters. The zero-order valence-corrected chi connectivity index (χ0v) is 9.27. The van der Waals surface area contributed by atoms with Gasteiger partial charge in [0.2, 0.25) is 0 Å². The Balaban J connectivity index is 2.34. The molecular weight excluding hydrogens is 228 g/mol. The van der Waals surface area contributed by atoms with Gasteiger partial charge < -0.3 is 20.5 Å². The molecule has 1 aromatic rings. The van der Waals surface area contributed by atoms with Gasteiger partial charge in [0.25, 0.3) is 0 Å². The Morgan fingerprint density at radius 1 is 1.65 bits per heavy atom. The van der Waals surface area contributed by atoms with Gasteiger partial charge >= 0.3 is 12.0 Å². The molecule has 0 bridgehead atoms. The van der Waals surface area contributed by atoms with Gasteiger partial charge in [0.1, 0.15) is 0 Å². The number of carboxylic acids is 1. The maximum atomic E-state index is 11.4. The van der Waals surface area contributed by atoms with Gasteiger partial charge in [-0.05, 0) is 0 Å². The van der Waals surface area contributed by atoms with E-state index >= 15 is 0 Å². The summed E-state index contributed by atoms with van der Waals surface area (Å²) in [6.07, 6.45) is 3.19. The molecule has 0 radical (unpaired) electrons. The van der Waals surface area contributed by atoms with E-state index in [2.05, 4.69) is 25.6 Å². The number of hydrogen-bond donors (Lipinski definition) is 4. The van der Waals surface area contributed by atoms with Crippen LogP contribution in [-0.2, 0) is 16.1 Å². The van der Waals surface area contributed by atoms with E-state index in [1.807, 2.05) is 0 Å². The Morgan fingerprint density at radius 2 is 2.41 bits per heavy atom. The second-order valence-corrected chi connectivity index (χ2v) is 3.28. The zero-order chi connectivity index (χ0) is 12.7. The van der Waals surface area contributed by atoms with Crippen LogP contribution < -0.4 is 10.6 Å².